The first-order valence-electron chi connectivity index (χ1n) is 5.53. The van der Waals surface area contributed by atoms with Crippen molar-refractivity contribution in [2.24, 2.45) is 10.8 Å². The van der Waals surface area contributed by atoms with Gasteiger partial charge in [-0.3, -0.25) is 10.4 Å². The Hall–Kier alpha value is -0.810. The minimum atomic E-state index is -0.0705. The van der Waals surface area contributed by atoms with Crippen LogP contribution in [-0.4, -0.2) is 30.8 Å². The highest BCUT2D eigenvalue weighted by molar-refractivity contribution is 5.80. The van der Waals surface area contributed by atoms with Gasteiger partial charge in [-0.25, -0.2) is 5.84 Å². The summed E-state index contributed by atoms with van der Waals surface area (Å²) in [6, 6.07) is 0. The molecule has 1 saturated heterocycles. The Kier molecular flexibility index (Phi) is 4.35. The number of hydrogen-bond acceptors (Lipinski definition) is 3. The van der Waals surface area contributed by atoms with Crippen molar-refractivity contribution in [1.29, 1.82) is 0 Å². The van der Waals surface area contributed by atoms with E-state index in [0.717, 1.165) is 26.0 Å². The zero-order chi connectivity index (χ0) is 11.3. The molecule has 1 aliphatic rings. The number of aliphatic imine (C=N–C) groups is 1. The smallest absolute Gasteiger partial charge is 0.206 e. The zero-order valence-corrected chi connectivity index (χ0v) is 9.84. The van der Waals surface area contributed by atoms with E-state index in [2.05, 4.69) is 36.5 Å². The van der Waals surface area contributed by atoms with Crippen molar-refractivity contribution in [2.45, 2.75) is 45.3 Å². The molecule has 88 valence electrons. The van der Waals surface area contributed by atoms with Crippen molar-refractivity contribution < 1.29 is 4.74 Å². The van der Waals surface area contributed by atoms with E-state index in [4.69, 9.17) is 10.6 Å². The second-order valence-electron chi connectivity index (χ2n) is 4.18. The van der Waals surface area contributed by atoms with Crippen molar-refractivity contribution in [1.82, 2.24) is 10.7 Å². The van der Waals surface area contributed by atoms with Crippen molar-refractivity contribution in [3.8, 4) is 0 Å². The molecule has 0 radical (unpaired) electrons. The Bertz CT molecular complexity index is 231. The number of hydrogen-bond donors (Lipinski definition) is 3. The first kappa shape index (κ1) is 12.3. The van der Waals surface area contributed by atoms with Gasteiger partial charge in [0, 0.05) is 13.2 Å². The normalized spacial score (nSPS) is 31.7. The van der Waals surface area contributed by atoms with Gasteiger partial charge in [-0.2, -0.15) is 0 Å². The maximum atomic E-state index is 5.53. The summed E-state index contributed by atoms with van der Waals surface area (Å²) in [4.78, 5) is 4.32. The van der Waals surface area contributed by atoms with Gasteiger partial charge in [-0.1, -0.05) is 6.92 Å². The van der Waals surface area contributed by atoms with Crippen molar-refractivity contribution in [3.05, 3.63) is 0 Å². The highest BCUT2D eigenvalue weighted by atomic mass is 16.5. The Morgan fingerprint density at radius 1 is 1.67 bits per heavy atom. The summed E-state index contributed by atoms with van der Waals surface area (Å²) in [6.45, 7) is 7.84. The molecular weight excluding hydrogens is 192 g/mol. The summed E-state index contributed by atoms with van der Waals surface area (Å²) >= 11 is 0. The van der Waals surface area contributed by atoms with Gasteiger partial charge in [0.25, 0.3) is 0 Å². The molecule has 0 amide bonds. The van der Waals surface area contributed by atoms with E-state index < -0.39 is 0 Å². The van der Waals surface area contributed by atoms with Gasteiger partial charge in [-0.05, 0) is 26.7 Å². The molecule has 1 heterocycles. The quantitative estimate of drug-likeness (QED) is 0.275. The minimum Gasteiger partial charge on any atom is -0.376 e. The summed E-state index contributed by atoms with van der Waals surface area (Å²) in [7, 11) is 0. The molecule has 4 N–H and O–H groups in total. The van der Waals surface area contributed by atoms with Gasteiger partial charge in [0.2, 0.25) is 5.96 Å². The van der Waals surface area contributed by atoms with Crippen LogP contribution in [0.1, 0.15) is 33.6 Å². The standard InChI is InChI=1S/C10H22N4O/c1-4-6-12-9(14-11)13-10(3)5-7-15-8(10)2/h8H,4-7,11H2,1-3H3,(H2,12,13,14). The van der Waals surface area contributed by atoms with E-state index in [1.54, 1.807) is 0 Å². The molecule has 5 nitrogen and oxygen atoms in total. The number of guanidine groups is 1. The average molecular weight is 214 g/mol. The van der Waals surface area contributed by atoms with Crippen LogP contribution >= 0.6 is 0 Å². The van der Waals surface area contributed by atoms with E-state index in [9.17, 15) is 0 Å². The number of rotatable bonds is 3. The van der Waals surface area contributed by atoms with Crippen LogP contribution < -0.4 is 16.6 Å². The Labute approximate surface area is 91.4 Å². The predicted molar refractivity (Wildman–Crippen MR) is 61.5 cm³/mol. The number of nitrogens with two attached hydrogens (primary N) is 1. The lowest BCUT2D eigenvalue weighted by atomic mass is 9.95. The maximum Gasteiger partial charge on any atom is 0.206 e. The topological polar surface area (TPSA) is 71.7 Å². The van der Waals surface area contributed by atoms with Crippen LogP contribution in [0.15, 0.2) is 4.99 Å². The predicted octanol–water partition coefficient (Wildman–Crippen LogP) is 0.373. The molecule has 0 aromatic carbocycles. The molecule has 2 unspecified atom stereocenters. The SMILES string of the molecule is CCCN=C(NN)NC1(C)CCOC1C. The minimum absolute atomic E-state index is 0.0705. The van der Waals surface area contributed by atoms with Crippen LogP contribution in [-0.2, 0) is 4.74 Å². The molecule has 0 spiro atoms. The molecule has 1 fully saturated rings. The third-order valence-corrected chi connectivity index (χ3v) is 2.92. The van der Waals surface area contributed by atoms with Crippen LogP contribution in [0, 0.1) is 0 Å². The molecule has 0 aromatic rings. The van der Waals surface area contributed by atoms with Crippen molar-refractivity contribution in [3.63, 3.8) is 0 Å². The number of ether oxygens (including phenoxy) is 1. The molecule has 0 aliphatic carbocycles. The number of hydrazine groups is 1. The zero-order valence-electron chi connectivity index (χ0n) is 9.84. The maximum absolute atomic E-state index is 5.53. The largest absolute Gasteiger partial charge is 0.376 e. The van der Waals surface area contributed by atoms with Crippen molar-refractivity contribution in [2.75, 3.05) is 13.2 Å². The number of nitrogens with one attached hydrogen (secondary N) is 2. The van der Waals surface area contributed by atoms with Gasteiger partial charge in [0.15, 0.2) is 0 Å². The van der Waals surface area contributed by atoms with Crippen molar-refractivity contribution >= 4 is 5.96 Å². The van der Waals surface area contributed by atoms with Crippen LogP contribution in [0.25, 0.3) is 0 Å². The highest BCUT2D eigenvalue weighted by Gasteiger charge is 2.37. The van der Waals surface area contributed by atoms with E-state index in [1.165, 1.54) is 0 Å². The molecule has 5 heteroatoms. The lowest BCUT2D eigenvalue weighted by molar-refractivity contribution is 0.0945. The van der Waals surface area contributed by atoms with Gasteiger partial charge in [0.1, 0.15) is 0 Å². The summed E-state index contributed by atoms with van der Waals surface area (Å²) in [5.41, 5.74) is 2.52. The molecule has 1 aliphatic heterocycles. The molecule has 0 bridgehead atoms. The lowest BCUT2D eigenvalue weighted by Crippen LogP contribution is -2.56. The lowest BCUT2D eigenvalue weighted by Gasteiger charge is -2.30. The fraction of sp³-hybridized carbons (Fsp3) is 0.900. The first-order chi connectivity index (χ1) is 7.12. The first-order valence-corrected chi connectivity index (χ1v) is 5.53. The van der Waals surface area contributed by atoms with Crippen LogP contribution in [0.3, 0.4) is 0 Å². The summed E-state index contributed by atoms with van der Waals surface area (Å²) in [5, 5.41) is 3.32. The van der Waals surface area contributed by atoms with Crippen LogP contribution in [0.4, 0.5) is 0 Å². The average Bonchev–Trinajstić information content (AvgIpc) is 2.54. The van der Waals surface area contributed by atoms with Gasteiger partial charge < -0.3 is 10.1 Å². The fourth-order valence-electron chi connectivity index (χ4n) is 1.61. The third kappa shape index (κ3) is 3.07. The molecular formula is C10H22N4O. The second kappa shape index (κ2) is 5.32. The Morgan fingerprint density at radius 2 is 2.40 bits per heavy atom. The summed E-state index contributed by atoms with van der Waals surface area (Å²) in [5.74, 6) is 6.06. The Balaban J connectivity index is 2.57. The van der Waals surface area contributed by atoms with E-state index in [1.807, 2.05) is 0 Å². The molecule has 0 saturated carbocycles. The summed E-state index contributed by atoms with van der Waals surface area (Å²) < 4.78 is 5.53. The molecule has 0 aromatic heterocycles. The Morgan fingerprint density at radius 3 is 2.87 bits per heavy atom. The van der Waals surface area contributed by atoms with E-state index >= 15 is 0 Å². The van der Waals surface area contributed by atoms with Crippen LogP contribution in [0.5, 0.6) is 0 Å². The van der Waals surface area contributed by atoms with Gasteiger partial charge in [-0.15, -0.1) is 0 Å². The molecule has 1 rings (SSSR count). The second-order valence-corrected chi connectivity index (χ2v) is 4.18. The highest BCUT2D eigenvalue weighted by Crippen LogP contribution is 2.24. The number of nitrogens with zero attached hydrogens (tertiary/aromatic N) is 1. The van der Waals surface area contributed by atoms with E-state index in [-0.39, 0.29) is 11.6 Å². The van der Waals surface area contributed by atoms with Gasteiger partial charge >= 0.3 is 0 Å². The van der Waals surface area contributed by atoms with Gasteiger partial charge in [0.05, 0.1) is 11.6 Å². The third-order valence-electron chi connectivity index (χ3n) is 2.92. The van der Waals surface area contributed by atoms with Crippen LogP contribution in [0.2, 0.25) is 0 Å². The fourth-order valence-corrected chi connectivity index (χ4v) is 1.61. The molecule has 15 heavy (non-hydrogen) atoms. The molecule has 2 atom stereocenters. The van der Waals surface area contributed by atoms with E-state index in [0.29, 0.717) is 5.96 Å². The monoisotopic (exact) mass is 214 g/mol. The summed E-state index contributed by atoms with van der Waals surface area (Å²) in [6.07, 6.45) is 2.16.